The van der Waals surface area contributed by atoms with Crippen LogP contribution in [-0.4, -0.2) is 11.9 Å². The van der Waals surface area contributed by atoms with Crippen molar-refractivity contribution in [3.8, 4) is 0 Å². The summed E-state index contributed by atoms with van der Waals surface area (Å²) in [5, 5.41) is 2.94. The Balaban J connectivity index is 2.46. The highest BCUT2D eigenvalue weighted by molar-refractivity contribution is 5.77. The summed E-state index contributed by atoms with van der Waals surface area (Å²) in [6.07, 6.45) is 1.22. The van der Waals surface area contributed by atoms with E-state index in [4.69, 9.17) is 5.73 Å². The van der Waals surface area contributed by atoms with E-state index in [0.29, 0.717) is 6.42 Å². The van der Waals surface area contributed by atoms with Gasteiger partial charge in [-0.3, -0.25) is 4.79 Å². The number of carbonyl (C=O) groups excluding carboxylic acids is 1. The minimum atomic E-state index is -0.0389. The second-order valence-electron chi connectivity index (χ2n) is 4.07. The van der Waals surface area contributed by atoms with Gasteiger partial charge in [0, 0.05) is 12.5 Å². The Kier molecular flexibility index (Phi) is 4.99. The lowest BCUT2D eigenvalue weighted by Gasteiger charge is -2.15. The molecule has 16 heavy (non-hydrogen) atoms. The second-order valence-corrected chi connectivity index (χ2v) is 4.07. The molecule has 0 fully saturated rings. The summed E-state index contributed by atoms with van der Waals surface area (Å²) in [6.45, 7) is 3.96. The van der Waals surface area contributed by atoms with Crippen LogP contribution in [0.1, 0.15) is 38.3 Å². The van der Waals surface area contributed by atoms with Gasteiger partial charge in [-0.15, -0.1) is 0 Å². The van der Waals surface area contributed by atoms with Gasteiger partial charge < -0.3 is 11.1 Å². The average molecular weight is 220 g/mol. The highest BCUT2D eigenvalue weighted by Gasteiger charge is 2.11. The summed E-state index contributed by atoms with van der Waals surface area (Å²) >= 11 is 0. The van der Waals surface area contributed by atoms with Gasteiger partial charge in [-0.05, 0) is 18.9 Å². The molecule has 0 spiro atoms. The first-order valence-electron chi connectivity index (χ1n) is 5.73. The molecule has 3 N–H and O–H groups in total. The van der Waals surface area contributed by atoms with E-state index in [0.717, 1.165) is 12.0 Å². The molecular formula is C13H20N2O. The first-order chi connectivity index (χ1) is 7.63. The van der Waals surface area contributed by atoms with Crippen LogP contribution in [0.3, 0.4) is 0 Å². The molecule has 0 saturated carbocycles. The fourth-order valence-corrected chi connectivity index (χ4v) is 1.51. The van der Waals surface area contributed by atoms with E-state index in [1.165, 1.54) is 0 Å². The highest BCUT2D eigenvalue weighted by atomic mass is 16.1. The molecule has 1 aromatic rings. The maximum atomic E-state index is 11.6. The van der Waals surface area contributed by atoms with E-state index < -0.39 is 0 Å². The largest absolute Gasteiger partial charge is 0.350 e. The van der Waals surface area contributed by atoms with Crippen LogP contribution in [0.5, 0.6) is 0 Å². The SMILES string of the molecule is CCC(N)CC(=O)NC(C)c1ccccc1. The van der Waals surface area contributed by atoms with Gasteiger partial charge in [0.05, 0.1) is 6.04 Å². The number of nitrogens with two attached hydrogens (primary N) is 1. The second kappa shape index (κ2) is 6.28. The molecule has 2 unspecified atom stereocenters. The number of amides is 1. The fraction of sp³-hybridized carbons (Fsp3) is 0.462. The predicted octanol–water partition coefficient (Wildman–Crippen LogP) is 1.99. The van der Waals surface area contributed by atoms with Crippen molar-refractivity contribution in [2.75, 3.05) is 0 Å². The van der Waals surface area contributed by atoms with Crippen LogP contribution < -0.4 is 11.1 Å². The number of carbonyl (C=O) groups is 1. The first kappa shape index (κ1) is 12.7. The van der Waals surface area contributed by atoms with Gasteiger partial charge in [-0.25, -0.2) is 0 Å². The standard InChI is InChI=1S/C13H20N2O/c1-3-12(14)9-13(16)15-10(2)11-7-5-4-6-8-11/h4-8,10,12H,3,9,14H2,1-2H3,(H,15,16). The molecule has 0 bridgehead atoms. The molecular weight excluding hydrogens is 200 g/mol. The van der Waals surface area contributed by atoms with E-state index in [1.807, 2.05) is 44.2 Å². The van der Waals surface area contributed by atoms with Crippen molar-refractivity contribution >= 4 is 5.91 Å². The Morgan fingerprint density at radius 3 is 2.56 bits per heavy atom. The molecule has 0 radical (unpaired) electrons. The molecule has 3 heteroatoms. The topological polar surface area (TPSA) is 55.1 Å². The normalized spacial score (nSPS) is 14.2. The van der Waals surface area contributed by atoms with Gasteiger partial charge in [0.1, 0.15) is 0 Å². The molecule has 3 nitrogen and oxygen atoms in total. The smallest absolute Gasteiger partial charge is 0.222 e. The van der Waals surface area contributed by atoms with Gasteiger partial charge in [0.15, 0.2) is 0 Å². The summed E-state index contributed by atoms with van der Waals surface area (Å²) in [5.74, 6) is 0.0192. The Morgan fingerprint density at radius 1 is 1.38 bits per heavy atom. The van der Waals surface area contributed by atoms with Crippen molar-refractivity contribution in [1.82, 2.24) is 5.32 Å². The zero-order chi connectivity index (χ0) is 12.0. The molecule has 2 atom stereocenters. The highest BCUT2D eigenvalue weighted by Crippen LogP contribution is 2.11. The lowest BCUT2D eigenvalue weighted by molar-refractivity contribution is -0.122. The van der Waals surface area contributed by atoms with Crippen molar-refractivity contribution in [1.29, 1.82) is 0 Å². The quantitative estimate of drug-likeness (QED) is 0.797. The van der Waals surface area contributed by atoms with Crippen molar-refractivity contribution in [2.24, 2.45) is 5.73 Å². The molecule has 0 aliphatic rings. The third-order valence-corrected chi connectivity index (χ3v) is 2.65. The number of hydrogen-bond donors (Lipinski definition) is 2. The molecule has 1 rings (SSSR count). The molecule has 0 heterocycles. The van der Waals surface area contributed by atoms with Gasteiger partial charge in [-0.1, -0.05) is 37.3 Å². The first-order valence-corrected chi connectivity index (χ1v) is 5.73. The van der Waals surface area contributed by atoms with Crippen molar-refractivity contribution in [3.05, 3.63) is 35.9 Å². The van der Waals surface area contributed by atoms with Crippen LogP contribution in [0.2, 0.25) is 0 Å². The zero-order valence-corrected chi connectivity index (χ0v) is 9.94. The van der Waals surface area contributed by atoms with Crippen LogP contribution in [0, 0.1) is 0 Å². The van der Waals surface area contributed by atoms with Crippen LogP contribution in [0.4, 0.5) is 0 Å². The third kappa shape index (κ3) is 4.03. The monoisotopic (exact) mass is 220 g/mol. The van der Waals surface area contributed by atoms with Crippen molar-refractivity contribution in [3.63, 3.8) is 0 Å². The van der Waals surface area contributed by atoms with Crippen molar-refractivity contribution < 1.29 is 4.79 Å². The van der Waals surface area contributed by atoms with Crippen LogP contribution in [-0.2, 0) is 4.79 Å². The zero-order valence-electron chi connectivity index (χ0n) is 9.94. The van der Waals surface area contributed by atoms with Crippen molar-refractivity contribution in [2.45, 2.75) is 38.8 Å². The molecule has 0 aromatic heterocycles. The number of nitrogens with one attached hydrogen (secondary N) is 1. The van der Waals surface area contributed by atoms with Gasteiger partial charge >= 0.3 is 0 Å². The molecule has 0 aliphatic carbocycles. The minimum absolute atomic E-state index is 0.0192. The Labute approximate surface area is 97.0 Å². The number of benzene rings is 1. The molecule has 1 amide bonds. The van der Waals surface area contributed by atoms with E-state index in [-0.39, 0.29) is 18.0 Å². The van der Waals surface area contributed by atoms with Crippen LogP contribution >= 0.6 is 0 Å². The maximum absolute atomic E-state index is 11.6. The summed E-state index contributed by atoms with van der Waals surface area (Å²) in [6, 6.07) is 9.91. The summed E-state index contributed by atoms with van der Waals surface area (Å²) in [5.41, 5.74) is 6.84. The van der Waals surface area contributed by atoms with Crippen LogP contribution in [0.25, 0.3) is 0 Å². The third-order valence-electron chi connectivity index (χ3n) is 2.65. The molecule has 0 aliphatic heterocycles. The summed E-state index contributed by atoms with van der Waals surface area (Å²) in [4.78, 5) is 11.6. The minimum Gasteiger partial charge on any atom is -0.350 e. The van der Waals surface area contributed by atoms with E-state index >= 15 is 0 Å². The average Bonchev–Trinajstić information content (AvgIpc) is 2.29. The number of hydrogen-bond acceptors (Lipinski definition) is 2. The van der Waals surface area contributed by atoms with Gasteiger partial charge in [0.2, 0.25) is 5.91 Å². The Morgan fingerprint density at radius 2 is 2.00 bits per heavy atom. The van der Waals surface area contributed by atoms with E-state index in [2.05, 4.69) is 5.32 Å². The molecule has 0 saturated heterocycles. The maximum Gasteiger partial charge on any atom is 0.222 e. The van der Waals surface area contributed by atoms with Crippen LogP contribution in [0.15, 0.2) is 30.3 Å². The molecule has 88 valence electrons. The van der Waals surface area contributed by atoms with Gasteiger partial charge in [0.25, 0.3) is 0 Å². The van der Waals surface area contributed by atoms with Gasteiger partial charge in [-0.2, -0.15) is 0 Å². The predicted molar refractivity (Wildman–Crippen MR) is 65.9 cm³/mol. The summed E-state index contributed by atoms with van der Waals surface area (Å²) in [7, 11) is 0. The lowest BCUT2D eigenvalue weighted by Crippen LogP contribution is -2.32. The lowest BCUT2D eigenvalue weighted by atomic mass is 10.1. The number of rotatable bonds is 5. The Hall–Kier alpha value is -1.35. The Bertz CT molecular complexity index is 324. The molecule has 1 aromatic carbocycles. The summed E-state index contributed by atoms with van der Waals surface area (Å²) < 4.78 is 0. The van der Waals surface area contributed by atoms with E-state index in [9.17, 15) is 4.79 Å². The van der Waals surface area contributed by atoms with E-state index in [1.54, 1.807) is 0 Å². The fourth-order valence-electron chi connectivity index (χ4n) is 1.51.